The molecular weight excluding hydrogens is 410 g/mol. The molecule has 0 amide bonds. The van der Waals surface area contributed by atoms with Crippen LogP contribution in [0.5, 0.6) is 5.75 Å². The van der Waals surface area contributed by atoms with Gasteiger partial charge < -0.3 is 15.4 Å². The van der Waals surface area contributed by atoms with Crippen molar-refractivity contribution in [2.45, 2.75) is 13.8 Å². The van der Waals surface area contributed by atoms with Crippen LogP contribution in [0.2, 0.25) is 5.02 Å². The van der Waals surface area contributed by atoms with Crippen LogP contribution in [-0.2, 0) is 6.42 Å². The van der Waals surface area contributed by atoms with E-state index < -0.39 is 0 Å². The van der Waals surface area contributed by atoms with Gasteiger partial charge in [-0.25, -0.2) is 4.98 Å². The number of rotatable bonds is 1. The van der Waals surface area contributed by atoms with Crippen molar-refractivity contribution >= 4 is 34.7 Å². The lowest BCUT2D eigenvalue weighted by atomic mass is 10.0. The van der Waals surface area contributed by atoms with E-state index in [-0.39, 0.29) is 7.43 Å². The van der Waals surface area contributed by atoms with E-state index in [1.165, 1.54) is 0 Å². The summed E-state index contributed by atoms with van der Waals surface area (Å²) in [6.45, 7) is 0.561. The summed E-state index contributed by atoms with van der Waals surface area (Å²) in [4.78, 5) is 13.0. The van der Waals surface area contributed by atoms with Gasteiger partial charge >= 0.3 is 0 Å². The number of fused-ring (bicyclic) bond motifs is 6. The highest BCUT2D eigenvalue weighted by Gasteiger charge is 2.10. The minimum atomic E-state index is 0. The lowest BCUT2D eigenvalue weighted by Crippen LogP contribution is -2.05. The normalized spacial score (nSPS) is 12.3. The van der Waals surface area contributed by atoms with Crippen LogP contribution in [0, 0.1) is 0 Å². The molecule has 156 valence electrons. The second kappa shape index (κ2) is 9.02. The van der Waals surface area contributed by atoms with E-state index in [0.29, 0.717) is 23.4 Å². The third kappa shape index (κ3) is 4.75. The molecule has 1 aliphatic rings. The molecule has 1 aliphatic heterocycles. The molecular formula is C24H22ClN5O. The van der Waals surface area contributed by atoms with E-state index >= 15 is 0 Å². The molecule has 4 aromatic rings. The predicted octanol–water partition coefficient (Wildman–Crippen LogP) is 6.25. The van der Waals surface area contributed by atoms with Crippen molar-refractivity contribution in [1.82, 2.24) is 15.0 Å². The number of ether oxygens (including phenoxy) is 1. The molecule has 7 heteroatoms. The van der Waals surface area contributed by atoms with Crippen molar-refractivity contribution in [3.05, 3.63) is 83.8 Å². The molecule has 0 fully saturated rings. The molecule has 6 nitrogen and oxygen atoms in total. The number of halogens is 1. The summed E-state index contributed by atoms with van der Waals surface area (Å²) >= 11 is 6.31. The van der Waals surface area contributed by atoms with Gasteiger partial charge in [-0.1, -0.05) is 31.2 Å². The number of aromatic nitrogens is 3. The average molecular weight is 432 g/mol. The Morgan fingerprint density at radius 3 is 2.65 bits per heavy atom. The monoisotopic (exact) mass is 431 g/mol. The van der Waals surface area contributed by atoms with E-state index in [1.54, 1.807) is 18.6 Å². The first-order valence-electron chi connectivity index (χ1n) is 9.57. The van der Waals surface area contributed by atoms with Crippen LogP contribution in [0.3, 0.4) is 0 Å². The summed E-state index contributed by atoms with van der Waals surface area (Å²) < 4.78 is 5.98. The maximum atomic E-state index is 6.31. The highest BCUT2D eigenvalue weighted by Crippen LogP contribution is 2.30. The zero-order valence-corrected chi connectivity index (χ0v) is 16.7. The van der Waals surface area contributed by atoms with Gasteiger partial charge in [0.2, 0.25) is 5.95 Å². The molecule has 0 spiro atoms. The minimum absolute atomic E-state index is 0. The summed E-state index contributed by atoms with van der Waals surface area (Å²) in [6, 6.07) is 18.0. The Balaban J connectivity index is 0.00000231. The van der Waals surface area contributed by atoms with Gasteiger partial charge in [-0.15, -0.1) is 0 Å². The minimum Gasteiger partial charge on any atom is -0.493 e. The summed E-state index contributed by atoms with van der Waals surface area (Å²) in [5.41, 5.74) is 5.05. The molecule has 0 unspecified atom stereocenters. The molecule has 2 aromatic heterocycles. The number of pyridine rings is 1. The van der Waals surface area contributed by atoms with Crippen LogP contribution in [0.1, 0.15) is 13.0 Å². The van der Waals surface area contributed by atoms with Crippen molar-refractivity contribution in [2.75, 3.05) is 17.2 Å². The lowest BCUT2D eigenvalue weighted by Gasteiger charge is -2.15. The van der Waals surface area contributed by atoms with Crippen LogP contribution in [0.4, 0.5) is 23.1 Å². The van der Waals surface area contributed by atoms with Crippen LogP contribution in [0.25, 0.3) is 11.1 Å². The molecule has 0 saturated heterocycles. The molecule has 6 bridgehead atoms. The molecule has 0 aliphatic carbocycles. The Bertz CT molecular complexity index is 1200. The number of anilines is 4. The van der Waals surface area contributed by atoms with E-state index in [0.717, 1.165) is 40.2 Å². The first kappa shape index (κ1) is 20.6. The maximum absolute atomic E-state index is 6.31. The molecule has 31 heavy (non-hydrogen) atoms. The maximum Gasteiger partial charge on any atom is 0.229 e. The van der Waals surface area contributed by atoms with Gasteiger partial charge in [0, 0.05) is 36.3 Å². The highest BCUT2D eigenvalue weighted by molar-refractivity contribution is 6.32. The van der Waals surface area contributed by atoms with Gasteiger partial charge in [0.25, 0.3) is 0 Å². The number of nitrogens with zero attached hydrogens (tertiary/aromatic N) is 3. The van der Waals surface area contributed by atoms with E-state index in [2.05, 4.69) is 43.8 Å². The second-order valence-corrected chi connectivity index (χ2v) is 7.33. The third-order valence-corrected chi connectivity index (χ3v) is 5.04. The Kier molecular flexibility index (Phi) is 6.00. The van der Waals surface area contributed by atoms with E-state index in [9.17, 15) is 0 Å². The quantitative estimate of drug-likeness (QED) is 0.371. The van der Waals surface area contributed by atoms with Gasteiger partial charge in [-0.05, 0) is 53.1 Å². The average Bonchev–Trinajstić information content (AvgIpc) is 2.76. The molecule has 2 aromatic carbocycles. The van der Waals surface area contributed by atoms with Crippen molar-refractivity contribution in [3.63, 3.8) is 0 Å². The van der Waals surface area contributed by atoms with E-state index in [4.69, 9.17) is 16.3 Å². The lowest BCUT2D eigenvalue weighted by molar-refractivity contribution is 0.322. The summed E-state index contributed by atoms with van der Waals surface area (Å²) in [7, 11) is 0. The summed E-state index contributed by atoms with van der Waals surface area (Å²) in [5.74, 6) is 1.77. The van der Waals surface area contributed by atoms with Crippen LogP contribution >= 0.6 is 11.6 Å². The zero-order chi connectivity index (χ0) is 20.3. The SMILES string of the molecule is C.Clc1cnc2nc1Nc1cccc(c1)OCCc1cc(cc(-c3ccncc3)c1)N2. The Morgan fingerprint density at radius 2 is 1.77 bits per heavy atom. The molecule has 2 N–H and O–H groups in total. The highest BCUT2D eigenvalue weighted by atomic mass is 35.5. The first-order chi connectivity index (χ1) is 14.7. The van der Waals surface area contributed by atoms with Crippen molar-refractivity contribution in [1.29, 1.82) is 0 Å². The summed E-state index contributed by atoms with van der Waals surface area (Å²) in [6.07, 6.45) is 5.92. The number of nitrogens with one attached hydrogen (secondary N) is 2. The topological polar surface area (TPSA) is 72.0 Å². The molecule has 0 saturated carbocycles. The van der Waals surface area contributed by atoms with Crippen LogP contribution in [-0.4, -0.2) is 21.6 Å². The number of benzene rings is 2. The van der Waals surface area contributed by atoms with Gasteiger partial charge in [-0.2, -0.15) is 4.98 Å². The second-order valence-electron chi connectivity index (χ2n) is 6.92. The smallest absolute Gasteiger partial charge is 0.229 e. The Labute approximate surface area is 186 Å². The fourth-order valence-electron chi connectivity index (χ4n) is 3.35. The standard InChI is InChI=1S/C23H18ClN5O.CH4/c24-21-14-26-23-28-19-11-15(10-17(12-19)16-4-7-25-8-5-16)6-9-30-20-3-1-2-18(13-20)27-22(21)29-23;/h1-5,7-8,10-14H,6,9H2,(H2,26,27,28,29);1H4. The Hall–Kier alpha value is -3.64. The zero-order valence-electron chi connectivity index (χ0n) is 16.0. The largest absolute Gasteiger partial charge is 0.493 e. The van der Waals surface area contributed by atoms with E-state index in [1.807, 2.05) is 36.4 Å². The van der Waals surface area contributed by atoms with Gasteiger partial charge in [0.05, 0.1) is 12.8 Å². The van der Waals surface area contributed by atoms with Gasteiger partial charge in [-0.3, -0.25) is 4.98 Å². The summed E-state index contributed by atoms with van der Waals surface area (Å²) in [5, 5.41) is 6.98. The van der Waals surface area contributed by atoms with Gasteiger partial charge in [0.1, 0.15) is 10.8 Å². The molecule has 0 atom stereocenters. The van der Waals surface area contributed by atoms with Crippen molar-refractivity contribution < 1.29 is 4.74 Å². The number of hydrogen-bond donors (Lipinski definition) is 2. The molecule has 5 rings (SSSR count). The van der Waals surface area contributed by atoms with Crippen molar-refractivity contribution in [2.24, 2.45) is 0 Å². The molecule has 0 radical (unpaired) electrons. The number of hydrogen-bond acceptors (Lipinski definition) is 6. The first-order valence-corrected chi connectivity index (χ1v) is 9.94. The Morgan fingerprint density at radius 1 is 0.903 bits per heavy atom. The third-order valence-electron chi connectivity index (χ3n) is 4.76. The van der Waals surface area contributed by atoms with Crippen LogP contribution in [0.15, 0.2) is 73.2 Å². The predicted molar refractivity (Wildman–Crippen MR) is 126 cm³/mol. The fraction of sp³-hybridized carbons (Fsp3) is 0.125. The van der Waals surface area contributed by atoms with Gasteiger partial charge in [0.15, 0.2) is 5.82 Å². The van der Waals surface area contributed by atoms with Crippen molar-refractivity contribution in [3.8, 4) is 16.9 Å². The fourth-order valence-corrected chi connectivity index (χ4v) is 3.49. The molecule has 3 heterocycles. The van der Waals surface area contributed by atoms with Crippen LogP contribution < -0.4 is 15.4 Å².